The van der Waals surface area contributed by atoms with Crippen molar-refractivity contribution in [2.24, 2.45) is 5.73 Å². The van der Waals surface area contributed by atoms with Crippen LogP contribution in [0.3, 0.4) is 0 Å². The number of benzene rings is 2. The number of aromatic nitrogens is 4. The smallest absolute Gasteiger partial charge is 0.147 e. The predicted molar refractivity (Wildman–Crippen MR) is 121 cm³/mol. The lowest BCUT2D eigenvalue weighted by Crippen LogP contribution is -2.40. The van der Waals surface area contributed by atoms with Crippen LogP contribution in [0.15, 0.2) is 48.8 Å². The first-order valence-electron chi connectivity index (χ1n) is 10.3. The third-order valence-corrected chi connectivity index (χ3v) is 5.98. The monoisotopic (exact) mass is 399 g/mol. The van der Waals surface area contributed by atoms with Crippen LogP contribution in [0.5, 0.6) is 0 Å². The van der Waals surface area contributed by atoms with E-state index >= 15 is 0 Å². The zero-order chi connectivity index (χ0) is 20.7. The van der Waals surface area contributed by atoms with Gasteiger partial charge in [0.25, 0.3) is 0 Å². The first-order chi connectivity index (χ1) is 14.6. The minimum atomic E-state index is 0.279. The number of rotatable bonds is 3. The summed E-state index contributed by atoms with van der Waals surface area (Å²) in [5, 5.41) is 8.69. The molecule has 0 atom stereocenters. The molecule has 0 amide bonds. The van der Waals surface area contributed by atoms with Gasteiger partial charge in [-0.15, -0.1) is 0 Å². The van der Waals surface area contributed by atoms with Crippen LogP contribution in [0.25, 0.3) is 33.4 Å². The number of aromatic amines is 1. The van der Waals surface area contributed by atoms with Gasteiger partial charge in [0.1, 0.15) is 17.2 Å². The van der Waals surface area contributed by atoms with Gasteiger partial charge in [0.2, 0.25) is 0 Å². The highest BCUT2D eigenvalue weighted by Gasteiger charge is 2.19. The van der Waals surface area contributed by atoms with E-state index in [1.807, 2.05) is 31.3 Å². The maximum atomic E-state index is 6.12. The summed E-state index contributed by atoms with van der Waals surface area (Å²) in [6.07, 6.45) is 5.53. The maximum absolute atomic E-state index is 6.12. The zero-order valence-electron chi connectivity index (χ0n) is 17.0. The zero-order valence-corrected chi connectivity index (χ0v) is 17.0. The summed E-state index contributed by atoms with van der Waals surface area (Å²) in [7, 11) is 0. The van der Waals surface area contributed by atoms with Crippen molar-refractivity contribution in [2.75, 3.05) is 23.7 Å². The molecule has 1 fully saturated rings. The Labute approximate surface area is 175 Å². The summed E-state index contributed by atoms with van der Waals surface area (Å²) < 4.78 is 0. The normalized spacial score (nSPS) is 15.1. The van der Waals surface area contributed by atoms with E-state index in [2.05, 4.69) is 38.3 Å². The number of nitrogens with one attached hydrogen (secondary N) is 1. The number of piperidine rings is 1. The van der Waals surface area contributed by atoms with Gasteiger partial charge in [-0.2, -0.15) is 5.10 Å². The Hall–Kier alpha value is -3.45. The number of fused-ring (bicyclic) bond motifs is 1. The standard InChI is InChI=1S/C23H25N7/c1-14-17(3-2-4-19(14)25)15-5-6-20-18(11-15)23(29-28-20)21-12-26-13-22(27-21)30-9-7-16(24)8-10-30/h2-6,11-13,16H,7-10,24-25H2,1H3,(H,28,29). The molecule has 5 rings (SSSR count). The van der Waals surface area contributed by atoms with E-state index in [0.717, 1.165) is 76.4 Å². The lowest BCUT2D eigenvalue weighted by Gasteiger charge is -2.30. The molecule has 7 nitrogen and oxygen atoms in total. The van der Waals surface area contributed by atoms with Gasteiger partial charge in [-0.25, -0.2) is 4.98 Å². The van der Waals surface area contributed by atoms with Gasteiger partial charge in [0, 0.05) is 30.2 Å². The van der Waals surface area contributed by atoms with Crippen molar-refractivity contribution in [2.45, 2.75) is 25.8 Å². The molecule has 0 unspecified atom stereocenters. The number of hydrogen-bond donors (Lipinski definition) is 3. The van der Waals surface area contributed by atoms with Gasteiger partial charge < -0.3 is 16.4 Å². The minimum Gasteiger partial charge on any atom is -0.398 e. The summed E-state index contributed by atoms with van der Waals surface area (Å²) >= 11 is 0. The van der Waals surface area contributed by atoms with Crippen molar-refractivity contribution < 1.29 is 0 Å². The third-order valence-electron chi connectivity index (χ3n) is 5.98. The predicted octanol–water partition coefficient (Wildman–Crippen LogP) is 3.51. The number of H-pyrrole nitrogens is 1. The van der Waals surface area contributed by atoms with Gasteiger partial charge in [0.05, 0.1) is 17.9 Å². The number of anilines is 2. The van der Waals surface area contributed by atoms with Crippen molar-refractivity contribution in [3.05, 3.63) is 54.4 Å². The maximum Gasteiger partial charge on any atom is 0.147 e. The van der Waals surface area contributed by atoms with Crippen molar-refractivity contribution >= 4 is 22.4 Å². The Balaban J connectivity index is 1.55. The molecule has 0 aliphatic carbocycles. The van der Waals surface area contributed by atoms with E-state index < -0.39 is 0 Å². The molecule has 0 bridgehead atoms. The van der Waals surface area contributed by atoms with Gasteiger partial charge >= 0.3 is 0 Å². The van der Waals surface area contributed by atoms with E-state index in [1.54, 1.807) is 6.20 Å². The number of hydrogen-bond acceptors (Lipinski definition) is 6. The van der Waals surface area contributed by atoms with Crippen molar-refractivity contribution in [3.8, 4) is 22.5 Å². The molecular formula is C23H25N7. The van der Waals surface area contributed by atoms with E-state index in [-0.39, 0.29) is 6.04 Å². The Morgan fingerprint density at radius 2 is 1.93 bits per heavy atom. The van der Waals surface area contributed by atoms with Crippen LogP contribution in [0.2, 0.25) is 0 Å². The molecule has 4 aromatic rings. The molecule has 0 radical (unpaired) electrons. The lowest BCUT2D eigenvalue weighted by atomic mass is 9.97. The first-order valence-corrected chi connectivity index (χ1v) is 10.3. The van der Waals surface area contributed by atoms with Crippen LogP contribution in [-0.4, -0.2) is 39.3 Å². The van der Waals surface area contributed by atoms with Crippen molar-refractivity contribution in [1.29, 1.82) is 0 Å². The van der Waals surface area contributed by atoms with Gasteiger partial charge in [-0.05, 0) is 54.7 Å². The molecule has 1 saturated heterocycles. The highest BCUT2D eigenvalue weighted by molar-refractivity contribution is 5.95. The lowest BCUT2D eigenvalue weighted by molar-refractivity contribution is 0.498. The van der Waals surface area contributed by atoms with E-state index in [4.69, 9.17) is 16.5 Å². The van der Waals surface area contributed by atoms with Crippen LogP contribution in [0.1, 0.15) is 18.4 Å². The first kappa shape index (κ1) is 18.6. The van der Waals surface area contributed by atoms with Gasteiger partial charge in [0.15, 0.2) is 0 Å². The van der Waals surface area contributed by atoms with Crippen molar-refractivity contribution in [1.82, 2.24) is 20.2 Å². The largest absolute Gasteiger partial charge is 0.398 e. The summed E-state index contributed by atoms with van der Waals surface area (Å²) in [5.41, 5.74) is 18.8. The van der Waals surface area contributed by atoms with Crippen molar-refractivity contribution in [3.63, 3.8) is 0 Å². The van der Waals surface area contributed by atoms with Crippen LogP contribution in [-0.2, 0) is 0 Å². The fourth-order valence-electron chi connectivity index (χ4n) is 4.09. The molecule has 2 aromatic heterocycles. The van der Waals surface area contributed by atoms with E-state index in [0.29, 0.717) is 0 Å². The van der Waals surface area contributed by atoms with Gasteiger partial charge in [-0.1, -0.05) is 18.2 Å². The van der Waals surface area contributed by atoms with E-state index in [9.17, 15) is 0 Å². The molecule has 3 heterocycles. The molecule has 0 spiro atoms. The Morgan fingerprint density at radius 3 is 2.77 bits per heavy atom. The second-order valence-electron chi connectivity index (χ2n) is 7.94. The van der Waals surface area contributed by atoms with Crippen LogP contribution in [0.4, 0.5) is 11.5 Å². The Morgan fingerprint density at radius 1 is 1.10 bits per heavy atom. The molecule has 1 aliphatic rings. The molecule has 5 N–H and O–H groups in total. The minimum absolute atomic E-state index is 0.279. The third kappa shape index (κ3) is 3.27. The molecule has 7 heteroatoms. The fraction of sp³-hybridized carbons (Fsp3) is 0.261. The summed E-state index contributed by atoms with van der Waals surface area (Å²) in [6, 6.07) is 12.6. The summed E-state index contributed by atoms with van der Waals surface area (Å²) in [6.45, 7) is 3.85. The topological polar surface area (TPSA) is 110 Å². The molecule has 2 aromatic carbocycles. The summed E-state index contributed by atoms with van der Waals surface area (Å²) in [4.78, 5) is 11.6. The molecular weight excluding hydrogens is 374 g/mol. The molecule has 1 aliphatic heterocycles. The Kier molecular flexibility index (Phi) is 4.59. The second kappa shape index (κ2) is 7.42. The highest BCUT2D eigenvalue weighted by atomic mass is 15.2. The number of nitrogens with zero attached hydrogens (tertiary/aromatic N) is 4. The highest BCUT2D eigenvalue weighted by Crippen LogP contribution is 2.33. The molecule has 30 heavy (non-hydrogen) atoms. The molecule has 152 valence electrons. The van der Waals surface area contributed by atoms with Crippen LogP contribution < -0.4 is 16.4 Å². The quantitative estimate of drug-likeness (QED) is 0.455. The average Bonchev–Trinajstić information content (AvgIpc) is 3.19. The van der Waals surface area contributed by atoms with Crippen LogP contribution >= 0.6 is 0 Å². The second-order valence-corrected chi connectivity index (χ2v) is 7.94. The summed E-state index contributed by atoms with van der Waals surface area (Å²) in [5.74, 6) is 0.874. The number of nitrogen functional groups attached to an aromatic ring is 1. The average molecular weight is 400 g/mol. The Bertz CT molecular complexity index is 1210. The number of nitrogens with two attached hydrogens (primary N) is 2. The molecule has 0 saturated carbocycles. The van der Waals surface area contributed by atoms with E-state index in [1.165, 1.54) is 0 Å². The van der Waals surface area contributed by atoms with Crippen LogP contribution in [0, 0.1) is 6.92 Å². The van der Waals surface area contributed by atoms with Gasteiger partial charge in [-0.3, -0.25) is 10.1 Å². The SMILES string of the molecule is Cc1c(N)cccc1-c1ccc2[nH]nc(-c3cncc(N4CCC(N)CC4)n3)c2c1. The fourth-order valence-corrected chi connectivity index (χ4v) is 4.09.